The Hall–Kier alpha value is -5.03. The number of nitrogens with zero attached hydrogens (tertiary/aromatic N) is 2. The number of aliphatic hydroxyl groups is 1. The molecule has 7 rings (SSSR count). The third-order valence-corrected chi connectivity index (χ3v) is 13.6. The standard InChI is InChI=1S/C51H67N5O6/c1-2-3-4-5-6-7-8-9-10-11-12-19-28-52-47(58)43-33-56(34-46(43)57)51(62)38-26-24-37(25-27-38)50(61)55-31-41(48(59)53-44-29-39(44)35-20-15-13-16-21-35)42(32-55)49(60)54-45-30-40(45)36-22-17-14-18-23-36/h13-18,20-27,39-46,57H,2-12,19,28-34H2,1H3,(H,52,58)(H,53,59)(H,54,60)/t39-,40-,41-,42-,43+,44+,45?,46+/m1/s1. The molecule has 2 aliphatic carbocycles. The Labute approximate surface area is 367 Å². The van der Waals surface area contributed by atoms with Crippen LogP contribution >= 0.6 is 0 Å². The summed E-state index contributed by atoms with van der Waals surface area (Å²) in [5.74, 6) is -2.97. The first kappa shape index (κ1) is 45.0. The summed E-state index contributed by atoms with van der Waals surface area (Å²) in [4.78, 5) is 71.3. The van der Waals surface area contributed by atoms with E-state index in [0.29, 0.717) is 17.7 Å². The summed E-state index contributed by atoms with van der Waals surface area (Å²) in [5, 5.41) is 20.1. The highest BCUT2D eigenvalue weighted by atomic mass is 16.3. The van der Waals surface area contributed by atoms with Crippen LogP contribution in [0.3, 0.4) is 0 Å². The number of rotatable bonds is 22. The first-order valence-electron chi connectivity index (χ1n) is 23.6. The summed E-state index contributed by atoms with van der Waals surface area (Å²) in [5.41, 5.74) is 3.03. The molecule has 2 saturated heterocycles. The summed E-state index contributed by atoms with van der Waals surface area (Å²) in [6.07, 6.45) is 15.6. The van der Waals surface area contributed by atoms with Gasteiger partial charge in [-0.25, -0.2) is 0 Å². The van der Waals surface area contributed by atoms with E-state index in [4.69, 9.17) is 0 Å². The SMILES string of the molecule is CCCCCCCCCCCCCCNC(=O)[C@H]1CN(C(=O)c2ccc(C(=O)N3C[C@@H](C(=O)NC4C[C@@H]4c4ccccc4)[C@H](C(=O)N[C@H]4C[C@@H]4c4ccccc4)C3)cc2)C[C@@H]1O. The second kappa shape index (κ2) is 21.9. The van der Waals surface area contributed by atoms with E-state index in [1.165, 1.54) is 73.8 Å². The fourth-order valence-electron chi connectivity index (χ4n) is 9.57. The lowest BCUT2D eigenvalue weighted by Gasteiger charge is -2.18. The van der Waals surface area contributed by atoms with Crippen molar-refractivity contribution in [3.8, 4) is 0 Å². The van der Waals surface area contributed by atoms with Crippen molar-refractivity contribution in [2.24, 2.45) is 17.8 Å². The number of hydrogen-bond donors (Lipinski definition) is 4. The molecular formula is C51H67N5O6. The van der Waals surface area contributed by atoms with E-state index in [1.54, 1.807) is 29.2 Å². The zero-order valence-electron chi connectivity index (χ0n) is 36.5. The lowest BCUT2D eigenvalue weighted by Crippen LogP contribution is -2.43. The summed E-state index contributed by atoms with van der Waals surface area (Å²) < 4.78 is 0. The van der Waals surface area contributed by atoms with Crippen molar-refractivity contribution in [2.45, 2.75) is 127 Å². The van der Waals surface area contributed by atoms with Crippen LogP contribution in [0.5, 0.6) is 0 Å². The molecule has 2 aliphatic heterocycles. The van der Waals surface area contributed by atoms with E-state index < -0.39 is 23.9 Å². The molecule has 62 heavy (non-hydrogen) atoms. The van der Waals surface area contributed by atoms with Crippen LogP contribution in [0.25, 0.3) is 0 Å². The van der Waals surface area contributed by atoms with Crippen LogP contribution in [0.1, 0.15) is 140 Å². The Bertz CT molecular complexity index is 1880. The summed E-state index contributed by atoms with van der Waals surface area (Å²) in [6.45, 7) is 3.18. The molecule has 0 spiro atoms. The molecule has 11 heteroatoms. The lowest BCUT2D eigenvalue weighted by molar-refractivity contribution is -0.133. The van der Waals surface area contributed by atoms with Crippen LogP contribution in [0.15, 0.2) is 84.9 Å². The average Bonchev–Trinajstić information content (AvgIpc) is 4.15. The van der Waals surface area contributed by atoms with Crippen molar-refractivity contribution in [1.82, 2.24) is 25.8 Å². The maximum Gasteiger partial charge on any atom is 0.253 e. The Balaban J connectivity index is 0.877. The van der Waals surface area contributed by atoms with Crippen LogP contribution in [0.4, 0.5) is 0 Å². The molecule has 332 valence electrons. The zero-order valence-corrected chi connectivity index (χ0v) is 36.5. The number of β-amino-alcohol motifs (C(OH)–C–C–N with tert-alkyl or cyclic N) is 1. The van der Waals surface area contributed by atoms with Crippen molar-refractivity contribution in [3.63, 3.8) is 0 Å². The van der Waals surface area contributed by atoms with Gasteiger partial charge in [0, 0.05) is 67.8 Å². The van der Waals surface area contributed by atoms with Gasteiger partial charge < -0.3 is 30.9 Å². The van der Waals surface area contributed by atoms with Gasteiger partial charge in [0.2, 0.25) is 17.7 Å². The fourth-order valence-corrected chi connectivity index (χ4v) is 9.57. The first-order valence-corrected chi connectivity index (χ1v) is 23.6. The summed E-state index contributed by atoms with van der Waals surface area (Å²) in [7, 11) is 0. The maximum atomic E-state index is 13.9. The number of aliphatic hydroxyl groups excluding tert-OH is 1. The topological polar surface area (TPSA) is 148 Å². The van der Waals surface area contributed by atoms with Gasteiger partial charge in [0.15, 0.2) is 0 Å². The molecule has 2 saturated carbocycles. The van der Waals surface area contributed by atoms with Gasteiger partial charge in [-0.05, 0) is 54.7 Å². The van der Waals surface area contributed by atoms with Gasteiger partial charge in [0.05, 0.1) is 23.9 Å². The van der Waals surface area contributed by atoms with Crippen LogP contribution in [0, 0.1) is 17.8 Å². The molecule has 0 aromatic heterocycles. The largest absolute Gasteiger partial charge is 0.390 e. The number of carbonyl (C=O) groups is 5. The molecule has 11 nitrogen and oxygen atoms in total. The molecule has 8 atom stereocenters. The molecule has 1 unspecified atom stereocenters. The molecule has 0 bridgehead atoms. The number of hydrogen-bond acceptors (Lipinski definition) is 6. The second-order valence-electron chi connectivity index (χ2n) is 18.3. The zero-order chi connectivity index (χ0) is 43.4. The number of nitrogens with one attached hydrogen (secondary N) is 3. The van der Waals surface area contributed by atoms with E-state index in [0.717, 1.165) is 32.1 Å². The minimum absolute atomic E-state index is 0.0141. The molecule has 3 aromatic carbocycles. The van der Waals surface area contributed by atoms with E-state index in [9.17, 15) is 29.1 Å². The van der Waals surface area contributed by atoms with Gasteiger partial charge >= 0.3 is 0 Å². The molecule has 5 amide bonds. The third kappa shape index (κ3) is 11.9. The summed E-state index contributed by atoms with van der Waals surface area (Å²) in [6, 6.07) is 26.5. The van der Waals surface area contributed by atoms with Crippen molar-refractivity contribution < 1.29 is 29.1 Å². The average molecular weight is 846 g/mol. The predicted octanol–water partition coefficient (Wildman–Crippen LogP) is 6.97. The molecule has 4 aliphatic rings. The monoisotopic (exact) mass is 846 g/mol. The Morgan fingerprint density at radius 2 is 0.919 bits per heavy atom. The van der Waals surface area contributed by atoms with Crippen LogP contribution in [-0.4, -0.2) is 95.4 Å². The van der Waals surface area contributed by atoms with Crippen molar-refractivity contribution in [1.29, 1.82) is 0 Å². The number of carbonyl (C=O) groups excluding carboxylic acids is 5. The van der Waals surface area contributed by atoms with Crippen LogP contribution < -0.4 is 16.0 Å². The number of likely N-dealkylation sites (tertiary alicyclic amines) is 2. The lowest BCUT2D eigenvalue weighted by atomic mass is 9.94. The molecule has 0 radical (unpaired) electrons. The predicted molar refractivity (Wildman–Crippen MR) is 240 cm³/mol. The van der Waals surface area contributed by atoms with Gasteiger partial charge in [-0.15, -0.1) is 0 Å². The number of unbranched alkanes of at least 4 members (excludes halogenated alkanes) is 11. The van der Waals surface area contributed by atoms with E-state index in [1.807, 2.05) is 36.4 Å². The molecule has 2 heterocycles. The Kier molecular flexibility index (Phi) is 15.9. The minimum Gasteiger partial charge on any atom is -0.390 e. The number of benzene rings is 3. The van der Waals surface area contributed by atoms with Gasteiger partial charge in [0.25, 0.3) is 11.8 Å². The fraction of sp³-hybridized carbons (Fsp3) is 0.549. The van der Waals surface area contributed by atoms with E-state index in [2.05, 4.69) is 47.1 Å². The Morgan fingerprint density at radius 1 is 0.516 bits per heavy atom. The van der Waals surface area contributed by atoms with E-state index >= 15 is 0 Å². The number of amides is 5. The summed E-state index contributed by atoms with van der Waals surface area (Å²) >= 11 is 0. The molecular weight excluding hydrogens is 779 g/mol. The van der Waals surface area contributed by atoms with Gasteiger partial charge in [0.1, 0.15) is 0 Å². The van der Waals surface area contributed by atoms with Gasteiger partial charge in [-0.3, -0.25) is 24.0 Å². The van der Waals surface area contributed by atoms with Crippen molar-refractivity contribution in [2.75, 3.05) is 32.7 Å². The van der Waals surface area contributed by atoms with Crippen molar-refractivity contribution in [3.05, 3.63) is 107 Å². The van der Waals surface area contributed by atoms with Gasteiger partial charge in [-0.1, -0.05) is 138 Å². The highest BCUT2D eigenvalue weighted by molar-refractivity contribution is 5.99. The molecule has 3 aromatic rings. The Morgan fingerprint density at radius 3 is 1.37 bits per heavy atom. The smallest absolute Gasteiger partial charge is 0.253 e. The van der Waals surface area contributed by atoms with Crippen LogP contribution in [0.2, 0.25) is 0 Å². The maximum absolute atomic E-state index is 13.9. The molecule has 4 fully saturated rings. The first-order chi connectivity index (χ1) is 30.2. The highest BCUT2D eigenvalue weighted by Gasteiger charge is 2.49. The van der Waals surface area contributed by atoms with Crippen LogP contribution in [-0.2, 0) is 14.4 Å². The normalized spacial score (nSPS) is 25.0. The quantitative estimate of drug-likeness (QED) is 0.0804. The van der Waals surface area contributed by atoms with E-state index in [-0.39, 0.29) is 79.6 Å². The third-order valence-electron chi connectivity index (χ3n) is 13.6. The van der Waals surface area contributed by atoms with Gasteiger partial charge in [-0.2, -0.15) is 0 Å². The van der Waals surface area contributed by atoms with Crippen molar-refractivity contribution >= 4 is 29.5 Å². The second-order valence-corrected chi connectivity index (χ2v) is 18.3. The molecule has 4 N–H and O–H groups in total. The minimum atomic E-state index is -0.958. The highest BCUT2D eigenvalue weighted by Crippen LogP contribution is 2.42.